The van der Waals surface area contributed by atoms with Crippen LogP contribution in [0.5, 0.6) is 5.75 Å². The third-order valence-electron chi connectivity index (χ3n) is 8.76. The third kappa shape index (κ3) is 3.30. The number of amides is 2. The van der Waals surface area contributed by atoms with Gasteiger partial charge in [0, 0.05) is 22.6 Å². The van der Waals surface area contributed by atoms with Gasteiger partial charge in [0.1, 0.15) is 17.1 Å². The van der Waals surface area contributed by atoms with Gasteiger partial charge in [0.15, 0.2) is 0 Å². The van der Waals surface area contributed by atoms with Crippen LogP contribution < -0.4 is 15.4 Å². The van der Waals surface area contributed by atoms with E-state index in [0.717, 1.165) is 5.39 Å². The van der Waals surface area contributed by atoms with Crippen molar-refractivity contribution in [1.82, 2.24) is 4.98 Å². The summed E-state index contributed by atoms with van der Waals surface area (Å²) in [7, 11) is 0. The summed E-state index contributed by atoms with van der Waals surface area (Å²) >= 11 is 0. The highest BCUT2D eigenvalue weighted by Gasteiger charge is 2.73. The smallest absolute Gasteiger partial charge is 0.240 e. The van der Waals surface area contributed by atoms with Crippen LogP contribution in [0.25, 0.3) is 21.7 Å². The first-order valence-electron chi connectivity index (χ1n) is 13.1. The van der Waals surface area contributed by atoms with Gasteiger partial charge in [-0.05, 0) is 50.1 Å². The molecule has 0 spiro atoms. The Morgan fingerprint density at radius 3 is 2.64 bits per heavy atom. The van der Waals surface area contributed by atoms with E-state index in [1.165, 1.54) is 4.90 Å². The molecule has 2 N–H and O–H groups in total. The Morgan fingerprint density at radius 2 is 1.82 bits per heavy atom. The number of nitrogens with zero attached hydrogens (tertiary/aromatic N) is 3. The Balaban J connectivity index is 1.21. The molecule has 8 nitrogen and oxygen atoms in total. The number of nitrogens with two attached hydrogens (primary N) is 1. The Bertz CT molecular complexity index is 1750. The maximum absolute atomic E-state index is 14.1. The molecule has 4 atom stereocenters. The summed E-state index contributed by atoms with van der Waals surface area (Å²) in [4.78, 5) is 33.8. The molecule has 0 unspecified atom stereocenters. The average molecular weight is 519 g/mol. The summed E-state index contributed by atoms with van der Waals surface area (Å²) in [6.45, 7) is 2.25. The Labute approximate surface area is 224 Å². The summed E-state index contributed by atoms with van der Waals surface area (Å²) in [5.74, 6) is -0.612. The van der Waals surface area contributed by atoms with Gasteiger partial charge in [0.05, 0.1) is 47.0 Å². The predicted octanol–water partition coefficient (Wildman–Crippen LogP) is 4.74. The zero-order valence-corrected chi connectivity index (χ0v) is 21.4. The Hall–Kier alpha value is -4.48. The minimum Gasteiger partial charge on any atom is -0.491 e. The summed E-state index contributed by atoms with van der Waals surface area (Å²) in [6, 6.07) is 22.3. The van der Waals surface area contributed by atoms with Crippen molar-refractivity contribution in [2.45, 2.75) is 37.4 Å². The number of nitrogen functional groups attached to an aromatic ring is 1. The number of pyridine rings is 1. The van der Waals surface area contributed by atoms with Crippen LogP contribution in [0.4, 0.5) is 11.5 Å². The summed E-state index contributed by atoms with van der Waals surface area (Å²) in [6.07, 6.45) is 1.83. The molecule has 3 aromatic carbocycles. The first kappa shape index (κ1) is 23.6. The highest BCUT2D eigenvalue weighted by atomic mass is 16.5. The number of aromatic nitrogens is 1. The molecule has 4 heterocycles. The number of imide groups is 1. The number of hydrogen-bond acceptors (Lipinski definition) is 7. The molecule has 1 aromatic heterocycles. The second-order valence-corrected chi connectivity index (χ2v) is 10.9. The monoisotopic (exact) mass is 518 g/mol. The fourth-order valence-corrected chi connectivity index (χ4v) is 7.01. The van der Waals surface area contributed by atoms with Crippen LogP contribution in [0.1, 0.15) is 31.7 Å². The van der Waals surface area contributed by atoms with Crippen molar-refractivity contribution in [3.63, 3.8) is 0 Å². The molecule has 0 aliphatic carbocycles. The SMILES string of the molecule is C[C@@]12CC[C@@](CCOc3cccc4ccc(N)nc34)(O1)[C@H]1C(=O)N(c3ccc(C#N)c4ccccc34)C(=O)[C@H]12. The highest BCUT2D eigenvalue weighted by Crippen LogP contribution is 2.62. The number of rotatable bonds is 5. The van der Waals surface area contributed by atoms with Crippen LogP contribution in [0, 0.1) is 23.2 Å². The number of hydrogen-bond donors (Lipinski definition) is 1. The van der Waals surface area contributed by atoms with Gasteiger partial charge in [0.25, 0.3) is 0 Å². The molecular weight excluding hydrogens is 492 g/mol. The number of nitriles is 1. The molecule has 4 aromatic rings. The van der Waals surface area contributed by atoms with Gasteiger partial charge in [-0.15, -0.1) is 0 Å². The normalized spacial score (nSPS) is 27.3. The first-order chi connectivity index (χ1) is 18.8. The molecule has 0 radical (unpaired) electrons. The van der Waals surface area contributed by atoms with Crippen molar-refractivity contribution in [3.05, 3.63) is 72.3 Å². The van der Waals surface area contributed by atoms with Crippen molar-refractivity contribution in [2.24, 2.45) is 11.8 Å². The van der Waals surface area contributed by atoms with Crippen LogP contribution in [-0.4, -0.2) is 34.6 Å². The molecule has 0 saturated carbocycles. The molecule has 2 amide bonds. The second kappa shape index (κ2) is 8.26. The topological polar surface area (TPSA) is 119 Å². The second-order valence-electron chi connectivity index (χ2n) is 10.9. The van der Waals surface area contributed by atoms with E-state index >= 15 is 0 Å². The first-order valence-corrected chi connectivity index (χ1v) is 13.1. The molecule has 39 heavy (non-hydrogen) atoms. The van der Waals surface area contributed by atoms with Gasteiger partial charge in [-0.3, -0.25) is 9.59 Å². The Kier molecular flexibility index (Phi) is 5.00. The summed E-state index contributed by atoms with van der Waals surface area (Å²) in [5, 5.41) is 11.9. The van der Waals surface area contributed by atoms with Crippen LogP contribution in [-0.2, 0) is 14.3 Å². The molecule has 8 heteroatoms. The van der Waals surface area contributed by atoms with E-state index in [-0.39, 0.29) is 11.8 Å². The van der Waals surface area contributed by atoms with E-state index in [2.05, 4.69) is 11.1 Å². The molecule has 3 saturated heterocycles. The fourth-order valence-electron chi connectivity index (χ4n) is 7.01. The lowest BCUT2D eigenvalue weighted by molar-refractivity contribution is -0.131. The number of carbonyl (C=O) groups is 2. The van der Waals surface area contributed by atoms with Crippen molar-refractivity contribution < 1.29 is 19.1 Å². The van der Waals surface area contributed by atoms with Gasteiger partial charge >= 0.3 is 0 Å². The lowest BCUT2D eigenvalue weighted by atomic mass is 9.67. The minimum atomic E-state index is -0.791. The molecule has 194 valence electrons. The lowest BCUT2D eigenvalue weighted by Crippen LogP contribution is -2.43. The van der Waals surface area contributed by atoms with Gasteiger partial charge in [-0.1, -0.05) is 36.4 Å². The number of para-hydroxylation sites is 1. The Morgan fingerprint density at radius 1 is 1.03 bits per heavy atom. The van der Waals surface area contributed by atoms with Crippen LogP contribution in [0.15, 0.2) is 66.7 Å². The van der Waals surface area contributed by atoms with Crippen LogP contribution in [0.2, 0.25) is 0 Å². The number of anilines is 2. The number of benzene rings is 3. The predicted molar refractivity (Wildman–Crippen MR) is 146 cm³/mol. The minimum absolute atomic E-state index is 0.237. The van der Waals surface area contributed by atoms with Crippen molar-refractivity contribution >= 4 is 45.0 Å². The van der Waals surface area contributed by atoms with Gasteiger partial charge in [-0.2, -0.15) is 5.26 Å². The zero-order valence-electron chi connectivity index (χ0n) is 21.4. The van der Waals surface area contributed by atoms with Gasteiger partial charge < -0.3 is 15.2 Å². The molecule has 3 fully saturated rings. The van der Waals surface area contributed by atoms with E-state index in [9.17, 15) is 14.9 Å². The van der Waals surface area contributed by atoms with E-state index in [1.54, 1.807) is 18.2 Å². The molecule has 2 bridgehead atoms. The third-order valence-corrected chi connectivity index (χ3v) is 8.76. The van der Waals surface area contributed by atoms with Crippen molar-refractivity contribution in [1.29, 1.82) is 5.26 Å². The number of ether oxygens (including phenoxy) is 2. The maximum atomic E-state index is 14.1. The van der Waals surface area contributed by atoms with Crippen molar-refractivity contribution in [3.8, 4) is 11.8 Å². The summed E-state index contributed by atoms with van der Waals surface area (Å²) in [5.41, 5.74) is 6.10. The van der Waals surface area contributed by atoms with Crippen LogP contribution in [0.3, 0.4) is 0 Å². The zero-order chi connectivity index (χ0) is 26.9. The van der Waals surface area contributed by atoms with Crippen molar-refractivity contribution in [2.75, 3.05) is 17.2 Å². The molecule has 3 aliphatic heterocycles. The fraction of sp³-hybridized carbons (Fsp3) is 0.290. The molecular formula is C31H26N4O4. The maximum Gasteiger partial charge on any atom is 0.240 e. The van der Waals surface area contributed by atoms with Crippen LogP contribution >= 0.6 is 0 Å². The molecule has 7 rings (SSSR count). The van der Waals surface area contributed by atoms with E-state index in [1.807, 2.05) is 55.5 Å². The summed E-state index contributed by atoms with van der Waals surface area (Å²) < 4.78 is 12.8. The van der Waals surface area contributed by atoms with Gasteiger partial charge in [-0.25, -0.2) is 9.88 Å². The van der Waals surface area contributed by atoms with Gasteiger partial charge in [0.2, 0.25) is 11.8 Å². The largest absolute Gasteiger partial charge is 0.491 e. The van der Waals surface area contributed by atoms with E-state index < -0.39 is 23.0 Å². The number of fused-ring (bicyclic) bond motifs is 7. The average Bonchev–Trinajstić information content (AvgIpc) is 3.52. The molecule has 3 aliphatic rings. The standard InChI is InChI=1S/C31H26N4O4/c1-30-13-14-31(39-30,15-16-38-23-8-4-5-18-10-12-24(33)34-27(18)23)26-25(30)28(36)35(29(26)37)22-11-9-19(17-32)20-6-2-3-7-21(20)22/h2-12,25-26H,13-16H2,1H3,(H2,33,34)/t25-,26+,30-,31-/m0/s1. The van der Waals surface area contributed by atoms with E-state index in [0.29, 0.717) is 65.0 Å². The highest BCUT2D eigenvalue weighted by molar-refractivity contribution is 6.26. The van der Waals surface area contributed by atoms with E-state index in [4.69, 9.17) is 15.2 Å². The quantitative estimate of drug-likeness (QED) is 0.379. The lowest BCUT2D eigenvalue weighted by Gasteiger charge is -2.31. The number of carbonyl (C=O) groups excluding carboxylic acids is 2.